The van der Waals surface area contributed by atoms with E-state index in [1.807, 2.05) is 0 Å². The number of aliphatic hydroxyl groups is 1. The molecule has 0 radical (unpaired) electrons. The van der Waals surface area contributed by atoms with E-state index in [1.54, 1.807) is 33.8 Å². The van der Waals surface area contributed by atoms with Gasteiger partial charge in [-0.25, -0.2) is 4.79 Å². The van der Waals surface area contributed by atoms with Crippen molar-refractivity contribution in [3.63, 3.8) is 0 Å². The number of hydrogen-bond acceptors (Lipinski definition) is 3. The van der Waals surface area contributed by atoms with Gasteiger partial charge in [-0.1, -0.05) is 18.2 Å². The maximum atomic E-state index is 12.9. The molecule has 1 aromatic rings. The van der Waals surface area contributed by atoms with Crippen molar-refractivity contribution in [2.24, 2.45) is 0 Å². The van der Waals surface area contributed by atoms with Gasteiger partial charge in [-0.2, -0.15) is 13.2 Å². The highest BCUT2D eigenvalue weighted by molar-refractivity contribution is 5.69. The summed E-state index contributed by atoms with van der Waals surface area (Å²) in [4.78, 5) is 13.8. The van der Waals surface area contributed by atoms with Gasteiger partial charge in [0.2, 0.25) is 0 Å². The first-order valence-corrected chi connectivity index (χ1v) is 7.78. The second-order valence-corrected chi connectivity index (χ2v) is 6.96. The first kappa shape index (κ1) is 18.6. The van der Waals surface area contributed by atoms with Crippen LogP contribution in [-0.4, -0.2) is 34.4 Å². The van der Waals surface area contributed by atoms with Crippen molar-refractivity contribution in [3.8, 4) is 0 Å². The molecule has 1 amide bonds. The third-order valence-corrected chi connectivity index (χ3v) is 4.00. The van der Waals surface area contributed by atoms with E-state index in [9.17, 15) is 23.1 Å². The minimum Gasteiger partial charge on any atom is -0.444 e. The molecule has 0 bridgehead atoms. The summed E-state index contributed by atoms with van der Waals surface area (Å²) < 4.78 is 43.9. The van der Waals surface area contributed by atoms with Gasteiger partial charge >= 0.3 is 12.3 Å². The summed E-state index contributed by atoms with van der Waals surface area (Å²) in [7, 11) is 0. The first-order valence-electron chi connectivity index (χ1n) is 7.78. The van der Waals surface area contributed by atoms with Gasteiger partial charge in [0.15, 0.2) is 6.10 Å². The summed E-state index contributed by atoms with van der Waals surface area (Å²) in [5.41, 5.74) is 0.268. The zero-order chi connectivity index (χ0) is 18.3. The fourth-order valence-electron chi connectivity index (χ4n) is 2.90. The molecule has 7 heteroatoms. The van der Waals surface area contributed by atoms with E-state index in [0.29, 0.717) is 11.1 Å². The Labute approximate surface area is 139 Å². The molecule has 0 fully saturated rings. The van der Waals surface area contributed by atoms with Gasteiger partial charge in [0.1, 0.15) is 5.60 Å². The number of carbonyl (C=O) groups excluding carboxylic acids is 1. The Morgan fingerprint density at radius 1 is 1.33 bits per heavy atom. The lowest BCUT2D eigenvalue weighted by molar-refractivity contribution is -0.207. The van der Waals surface area contributed by atoms with Crippen LogP contribution in [0.5, 0.6) is 0 Å². The third-order valence-electron chi connectivity index (χ3n) is 4.00. The zero-order valence-electron chi connectivity index (χ0n) is 14.1. The molecule has 0 unspecified atom stereocenters. The highest BCUT2D eigenvalue weighted by Crippen LogP contribution is 2.39. The standard InChI is InChI=1S/C17H22F3NO3/c1-10-11-6-5-7-13(14(22)17(18,19)20)12(11)8-9-21(10)15(23)24-16(2,3)4/h5-7,10,14,22H,8-9H2,1-4H3/t10-,14+/m0/s1. The Hall–Kier alpha value is -1.76. The Morgan fingerprint density at radius 2 is 1.96 bits per heavy atom. The number of halogens is 3. The maximum absolute atomic E-state index is 12.9. The molecule has 2 atom stereocenters. The third kappa shape index (κ3) is 3.83. The predicted octanol–water partition coefficient (Wildman–Crippen LogP) is 4.14. The van der Waals surface area contributed by atoms with Crippen LogP contribution in [0.2, 0.25) is 0 Å². The van der Waals surface area contributed by atoms with E-state index in [1.165, 1.54) is 17.0 Å². The van der Waals surface area contributed by atoms with Gasteiger partial charge in [-0.3, -0.25) is 0 Å². The van der Waals surface area contributed by atoms with Crippen LogP contribution in [0, 0.1) is 0 Å². The van der Waals surface area contributed by atoms with Crippen molar-refractivity contribution in [2.45, 2.75) is 58.0 Å². The Kier molecular flexibility index (Phi) is 4.86. The highest BCUT2D eigenvalue weighted by Gasteiger charge is 2.42. The molecule has 1 heterocycles. The average Bonchev–Trinajstić information content (AvgIpc) is 2.43. The van der Waals surface area contributed by atoms with Crippen LogP contribution in [-0.2, 0) is 11.2 Å². The van der Waals surface area contributed by atoms with Crippen LogP contribution in [0.3, 0.4) is 0 Å². The number of benzene rings is 1. The molecule has 0 saturated carbocycles. The van der Waals surface area contributed by atoms with Crippen LogP contribution in [0.15, 0.2) is 18.2 Å². The van der Waals surface area contributed by atoms with E-state index < -0.39 is 30.0 Å². The average molecular weight is 345 g/mol. The molecule has 134 valence electrons. The number of hydrogen-bond donors (Lipinski definition) is 1. The molecular formula is C17H22F3NO3. The zero-order valence-corrected chi connectivity index (χ0v) is 14.1. The summed E-state index contributed by atoms with van der Waals surface area (Å²) in [6.07, 6.45) is -7.50. The first-order chi connectivity index (χ1) is 10.9. The van der Waals surface area contributed by atoms with Crippen LogP contribution >= 0.6 is 0 Å². The lowest BCUT2D eigenvalue weighted by Crippen LogP contribution is -2.42. The second-order valence-electron chi connectivity index (χ2n) is 6.96. The molecule has 1 aliphatic heterocycles. The topological polar surface area (TPSA) is 49.8 Å². The minimum absolute atomic E-state index is 0.143. The van der Waals surface area contributed by atoms with Crippen molar-refractivity contribution in [1.82, 2.24) is 4.90 Å². The van der Waals surface area contributed by atoms with E-state index in [-0.39, 0.29) is 18.5 Å². The number of carbonyl (C=O) groups is 1. The van der Waals surface area contributed by atoms with E-state index in [2.05, 4.69) is 0 Å². The molecule has 1 aromatic carbocycles. The number of ether oxygens (including phenoxy) is 1. The van der Waals surface area contributed by atoms with Crippen LogP contribution in [0.1, 0.15) is 56.5 Å². The van der Waals surface area contributed by atoms with Gasteiger partial charge in [-0.05, 0) is 50.8 Å². The number of amides is 1. The monoisotopic (exact) mass is 345 g/mol. The molecule has 0 saturated heterocycles. The summed E-state index contributed by atoms with van der Waals surface area (Å²) >= 11 is 0. The predicted molar refractivity (Wildman–Crippen MR) is 82.5 cm³/mol. The second kappa shape index (κ2) is 6.27. The minimum atomic E-state index is -4.72. The SMILES string of the molecule is C[C@H]1c2cccc([C@@H](O)C(F)(F)F)c2CCN1C(=O)OC(C)(C)C. The van der Waals surface area contributed by atoms with Crippen LogP contribution in [0.4, 0.5) is 18.0 Å². The normalized spacial score (nSPS) is 19.7. The van der Waals surface area contributed by atoms with E-state index in [0.717, 1.165) is 0 Å². The summed E-state index contributed by atoms with van der Waals surface area (Å²) in [5.74, 6) is 0. The molecular weight excluding hydrogens is 323 g/mol. The van der Waals surface area contributed by atoms with Gasteiger partial charge in [-0.15, -0.1) is 0 Å². The molecule has 0 aliphatic carbocycles. The number of alkyl halides is 3. The molecule has 1 N–H and O–H groups in total. The van der Waals surface area contributed by atoms with Gasteiger partial charge < -0.3 is 14.7 Å². The number of rotatable bonds is 1. The maximum Gasteiger partial charge on any atom is 0.418 e. The lowest BCUT2D eigenvalue weighted by Gasteiger charge is -2.37. The van der Waals surface area contributed by atoms with Crippen LogP contribution in [0.25, 0.3) is 0 Å². The highest BCUT2D eigenvalue weighted by atomic mass is 19.4. The Bertz CT molecular complexity index is 622. The molecule has 1 aliphatic rings. The van der Waals surface area contributed by atoms with Gasteiger partial charge in [0.25, 0.3) is 0 Å². The summed E-state index contributed by atoms with van der Waals surface area (Å²) in [6, 6.07) is 4.01. The van der Waals surface area contributed by atoms with Crippen molar-refractivity contribution < 1.29 is 27.8 Å². The summed E-state index contributed by atoms with van der Waals surface area (Å²) in [6.45, 7) is 7.25. The molecule has 4 nitrogen and oxygen atoms in total. The van der Waals surface area contributed by atoms with Crippen molar-refractivity contribution in [1.29, 1.82) is 0 Å². The lowest BCUT2D eigenvalue weighted by atomic mass is 9.88. The summed E-state index contributed by atoms with van der Waals surface area (Å²) in [5, 5.41) is 9.60. The Morgan fingerprint density at radius 3 is 2.50 bits per heavy atom. The van der Waals surface area contributed by atoms with E-state index in [4.69, 9.17) is 4.74 Å². The largest absolute Gasteiger partial charge is 0.444 e. The fraction of sp³-hybridized carbons (Fsp3) is 0.588. The molecule has 0 spiro atoms. The number of nitrogens with zero attached hydrogens (tertiary/aromatic N) is 1. The molecule has 2 rings (SSSR count). The molecule has 0 aromatic heterocycles. The van der Waals surface area contributed by atoms with Crippen molar-refractivity contribution in [3.05, 3.63) is 34.9 Å². The fourth-order valence-corrected chi connectivity index (χ4v) is 2.90. The number of fused-ring (bicyclic) bond motifs is 1. The molecule has 24 heavy (non-hydrogen) atoms. The van der Waals surface area contributed by atoms with Gasteiger partial charge in [0, 0.05) is 6.54 Å². The van der Waals surface area contributed by atoms with Crippen molar-refractivity contribution >= 4 is 6.09 Å². The quantitative estimate of drug-likeness (QED) is 0.832. The smallest absolute Gasteiger partial charge is 0.418 e. The van der Waals surface area contributed by atoms with Crippen molar-refractivity contribution in [2.75, 3.05) is 6.54 Å². The van der Waals surface area contributed by atoms with E-state index >= 15 is 0 Å². The van der Waals surface area contributed by atoms with Crippen LogP contribution < -0.4 is 0 Å². The van der Waals surface area contributed by atoms with Gasteiger partial charge in [0.05, 0.1) is 6.04 Å². The Balaban J connectivity index is 2.32. The number of aliphatic hydroxyl groups excluding tert-OH is 1.